The molecule has 1 amide bonds. The summed E-state index contributed by atoms with van der Waals surface area (Å²) < 4.78 is 28.4. The zero-order valence-corrected chi connectivity index (χ0v) is 16.6. The summed E-state index contributed by atoms with van der Waals surface area (Å²) in [5.41, 5.74) is 7.83. The van der Waals surface area contributed by atoms with Gasteiger partial charge in [-0.2, -0.15) is 0 Å². The molecule has 1 fully saturated rings. The van der Waals surface area contributed by atoms with Gasteiger partial charge in [-0.15, -0.1) is 0 Å². The molecular formula is C18H24N6O3S. The van der Waals surface area contributed by atoms with Gasteiger partial charge in [-0.3, -0.25) is 4.79 Å². The summed E-state index contributed by atoms with van der Waals surface area (Å²) in [5, 5.41) is 0.932. The molecule has 1 aliphatic rings. The number of sulfonamides is 1. The second-order valence-electron chi connectivity index (χ2n) is 7.22. The first-order valence-electron chi connectivity index (χ1n) is 9.49. The number of aromatic amines is 1. The fraction of sp³-hybridized carbons (Fsp3) is 0.500. The van der Waals surface area contributed by atoms with Crippen LogP contribution in [0, 0.1) is 0 Å². The average molecular weight is 404 g/mol. The molecule has 0 saturated carbocycles. The Kier molecular flexibility index (Phi) is 4.84. The van der Waals surface area contributed by atoms with Crippen molar-refractivity contribution in [2.75, 3.05) is 18.8 Å². The van der Waals surface area contributed by atoms with Crippen molar-refractivity contribution in [3.8, 4) is 0 Å². The minimum absolute atomic E-state index is 0.0367. The van der Waals surface area contributed by atoms with Gasteiger partial charge in [0.15, 0.2) is 0 Å². The Hall–Kier alpha value is -2.46. The highest BCUT2D eigenvalue weighted by Gasteiger charge is 2.30. The molecule has 3 aromatic heterocycles. The van der Waals surface area contributed by atoms with Crippen LogP contribution in [-0.4, -0.2) is 57.0 Å². The van der Waals surface area contributed by atoms with Crippen LogP contribution in [0.15, 0.2) is 18.5 Å². The second-order valence-corrected chi connectivity index (χ2v) is 9.31. The quantitative estimate of drug-likeness (QED) is 0.640. The number of amides is 1. The molecule has 9 nitrogen and oxygen atoms in total. The van der Waals surface area contributed by atoms with Crippen LogP contribution >= 0.6 is 0 Å². The Morgan fingerprint density at radius 1 is 1.36 bits per heavy atom. The van der Waals surface area contributed by atoms with E-state index in [2.05, 4.69) is 19.5 Å². The molecule has 10 heteroatoms. The maximum atomic E-state index is 12.4. The molecule has 0 aromatic carbocycles. The summed E-state index contributed by atoms with van der Waals surface area (Å²) in [4.78, 5) is 23.7. The van der Waals surface area contributed by atoms with Crippen LogP contribution in [0.4, 0.5) is 0 Å². The summed E-state index contributed by atoms with van der Waals surface area (Å²) in [6.45, 7) is 2.79. The third-order valence-corrected chi connectivity index (χ3v) is 7.36. The Balaban J connectivity index is 1.73. The van der Waals surface area contributed by atoms with E-state index < -0.39 is 15.9 Å². The van der Waals surface area contributed by atoms with Crippen LogP contribution in [0.3, 0.4) is 0 Å². The number of primary amides is 1. The molecule has 4 rings (SSSR count). The van der Waals surface area contributed by atoms with E-state index in [1.165, 1.54) is 0 Å². The summed E-state index contributed by atoms with van der Waals surface area (Å²) in [6, 6.07) is 1.99. The van der Waals surface area contributed by atoms with Gasteiger partial charge in [0.25, 0.3) is 0 Å². The van der Waals surface area contributed by atoms with Gasteiger partial charge >= 0.3 is 0 Å². The van der Waals surface area contributed by atoms with Crippen molar-refractivity contribution >= 4 is 38.0 Å². The monoisotopic (exact) mass is 404 g/mol. The fourth-order valence-corrected chi connectivity index (χ4v) is 5.62. The van der Waals surface area contributed by atoms with Gasteiger partial charge in [0.05, 0.1) is 23.9 Å². The van der Waals surface area contributed by atoms with E-state index in [0.717, 1.165) is 16.6 Å². The van der Waals surface area contributed by atoms with Crippen molar-refractivity contribution in [1.29, 1.82) is 0 Å². The molecule has 0 radical (unpaired) electrons. The van der Waals surface area contributed by atoms with Gasteiger partial charge in [0.2, 0.25) is 15.9 Å². The number of H-pyrrole nitrogens is 1. The van der Waals surface area contributed by atoms with Gasteiger partial charge in [-0.05, 0) is 25.3 Å². The highest BCUT2D eigenvalue weighted by Crippen LogP contribution is 2.33. The number of piperidine rings is 1. The van der Waals surface area contributed by atoms with Crippen LogP contribution in [0.25, 0.3) is 22.1 Å². The first kappa shape index (κ1) is 18.9. The normalized spacial score (nSPS) is 16.9. The molecule has 3 N–H and O–H groups in total. The summed E-state index contributed by atoms with van der Waals surface area (Å²) >= 11 is 0. The van der Waals surface area contributed by atoms with Crippen molar-refractivity contribution in [3.63, 3.8) is 0 Å². The lowest BCUT2D eigenvalue weighted by Gasteiger charge is -2.33. The Bertz CT molecular complexity index is 1130. The number of carbonyl (C=O) groups excluding carboxylic acids is 1. The molecule has 3 aromatic rings. The third-order valence-electron chi connectivity index (χ3n) is 5.28. The lowest BCUT2D eigenvalue weighted by Crippen LogP contribution is -2.40. The maximum Gasteiger partial charge on any atom is 0.225 e. The highest BCUT2D eigenvalue weighted by molar-refractivity contribution is 7.89. The minimum Gasteiger partial charge on any atom is -0.369 e. The van der Waals surface area contributed by atoms with Crippen molar-refractivity contribution in [2.24, 2.45) is 5.73 Å². The van der Waals surface area contributed by atoms with E-state index in [9.17, 15) is 13.2 Å². The van der Waals surface area contributed by atoms with Crippen LogP contribution in [0.2, 0.25) is 0 Å². The van der Waals surface area contributed by atoms with Crippen molar-refractivity contribution in [2.45, 2.75) is 38.6 Å². The molecule has 28 heavy (non-hydrogen) atoms. The molecule has 0 bridgehead atoms. The molecule has 4 heterocycles. The number of nitrogens with zero attached hydrogens (tertiary/aromatic N) is 4. The first-order chi connectivity index (χ1) is 13.4. The lowest BCUT2D eigenvalue weighted by molar-refractivity contribution is -0.117. The number of carbonyl (C=O) groups is 1. The Morgan fingerprint density at radius 2 is 2.11 bits per heavy atom. The van der Waals surface area contributed by atoms with Crippen molar-refractivity contribution in [1.82, 2.24) is 23.8 Å². The standard InChI is InChI=1S/C18H24N6O3S/c1-2-9-28(26,27)23-7-4-12(5-8-23)24-16(10-15(19)25)22-14-11-21-18-13(17(14)24)3-6-20-18/h3,6,11-12H,2,4-5,7-10H2,1H3,(H2,19,25)(H,20,21). The average Bonchev–Trinajstić information content (AvgIpc) is 3.24. The number of aromatic nitrogens is 4. The summed E-state index contributed by atoms with van der Waals surface area (Å²) in [6.07, 6.45) is 5.48. The van der Waals surface area contributed by atoms with E-state index in [0.29, 0.717) is 43.7 Å². The van der Waals surface area contributed by atoms with Crippen molar-refractivity contribution in [3.05, 3.63) is 24.3 Å². The minimum atomic E-state index is -3.20. The Morgan fingerprint density at radius 3 is 2.79 bits per heavy atom. The van der Waals surface area contributed by atoms with Crippen molar-refractivity contribution < 1.29 is 13.2 Å². The number of fused-ring (bicyclic) bond motifs is 3. The number of imidazole rings is 1. The summed E-state index contributed by atoms with van der Waals surface area (Å²) in [5.74, 6) is 0.333. The number of hydrogen-bond acceptors (Lipinski definition) is 5. The first-order valence-corrected chi connectivity index (χ1v) is 11.1. The zero-order chi connectivity index (χ0) is 19.9. The largest absolute Gasteiger partial charge is 0.369 e. The molecule has 150 valence electrons. The fourth-order valence-electron chi connectivity index (χ4n) is 4.08. The topological polar surface area (TPSA) is 127 Å². The zero-order valence-electron chi connectivity index (χ0n) is 15.8. The molecule has 0 unspecified atom stereocenters. The predicted molar refractivity (Wildman–Crippen MR) is 106 cm³/mol. The van der Waals surface area contributed by atoms with Crippen LogP contribution < -0.4 is 5.73 Å². The Labute approximate surface area is 163 Å². The lowest BCUT2D eigenvalue weighted by atomic mass is 10.1. The van der Waals surface area contributed by atoms with E-state index in [-0.39, 0.29) is 18.2 Å². The third kappa shape index (κ3) is 3.26. The van der Waals surface area contributed by atoms with E-state index in [1.54, 1.807) is 10.5 Å². The van der Waals surface area contributed by atoms with Crippen LogP contribution in [0.1, 0.15) is 38.1 Å². The molecule has 1 aliphatic heterocycles. The number of pyridine rings is 1. The maximum absolute atomic E-state index is 12.4. The molecular weight excluding hydrogens is 380 g/mol. The second kappa shape index (κ2) is 7.17. The molecule has 1 saturated heterocycles. The highest BCUT2D eigenvalue weighted by atomic mass is 32.2. The van der Waals surface area contributed by atoms with E-state index >= 15 is 0 Å². The molecule has 0 spiro atoms. The van der Waals surface area contributed by atoms with Gasteiger partial charge < -0.3 is 15.3 Å². The smallest absolute Gasteiger partial charge is 0.225 e. The number of nitrogens with one attached hydrogen (secondary N) is 1. The van der Waals surface area contributed by atoms with E-state index in [1.807, 2.05) is 19.2 Å². The van der Waals surface area contributed by atoms with E-state index in [4.69, 9.17) is 5.73 Å². The predicted octanol–water partition coefficient (Wildman–Crippen LogP) is 1.32. The SMILES string of the molecule is CCCS(=O)(=O)N1CCC(n2c(CC(N)=O)nc3cnc4[nH]ccc4c32)CC1. The number of nitrogens with two attached hydrogens (primary N) is 1. The summed E-state index contributed by atoms with van der Waals surface area (Å²) in [7, 11) is -3.20. The van der Waals surface area contributed by atoms with Gasteiger partial charge in [-0.1, -0.05) is 6.92 Å². The van der Waals surface area contributed by atoms with Crippen LogP contribution in [0.5, 0.6) is 0 Å². The number of hydrogen-bond donors (Lipinski definition) is 2. The molecule has 0 atom stereocenters. The van der Waals surface area contributed by atoms with Crippen LogP contribution in [-0.2, 0) is 21.2 Å². The van der Waals surface area contributed by atoms with Gasteiger partial charge in [0.1, 0.15) is 17.0 Å². The van der Waals surface area contributed by atoms with Gasteiger partial charge in [-0.25, -0.2) is 22.7 Å². The number of rotatable bonds is 6. The molecule has 0 aliphatic carbocycles. The van der Waals surface area contributed by atoms with Gasteiger partial charge in [0, 0.05) is 30.7 Å².